The smallest absolute Gasteiger partial charge is 0.274 e. The minimum atomic E-state index is -0.301. The number of nitrogens with one attached hydrogen (secondary N) is 1. The van der Waals surface area contributed by atoms with Gasteiger partial charge in [-0.05, 0) is 28.8 Å². The predicted molar refractivity (Wildman–Crippen MR) is 115 cm³/mol. The number of aromatic nitrogens is 4. The van der Waals surface area contributed by atoms with Crippen LogP contribution in [-0.2, 0) is 6.54 Å². The zero-order valence-corrected chi connectivity index (χ0v) is 16.3. The van der Waals surface area contributed by atoms with Gasteiger partial charge in [-0.3, -0.25) is 9.78 Å². The van der Waals surface area contributed by atoms with Crippen molar-refractivity contribution in [3.05, 3.63) is 120 Å². The van der Waals surface area contributed by atoms with E-state index in [4.69, 9.17) is 0 Å². The number of hydrogen-bond donors (Lipinski definition) is 1. The highest BCUT2D eigenvalue weighted by atomic mass is 16.2. The molecule has 0 saturated carbocycles. The Balaban J connectivity index is 1.46. The summed E-state index contributed by atoms with van der Waals surface area (Å²) in [5, 5.41) is 11.2. The summed E-state index contributed by atoms with van der Waals surface area (Å²) in [6, 6.07) is 23.3. The first kappa shape index (κ1) is 19.3. The number of carbonyl (C=O) groups is 1. The SMILES string of the molecule is O=C(NC(c1ccccc1)c1ccncc1)c1cn(C/C=C/c2ccccc2)nn1. The zero-order chi connectivity index (χ0) is 20.6. The minimum absolute atomic E-state index is 0.276. The summed E-state index contributed by atoms with van der Waals surface area (Å²) in [5.41, 5.74) is 3.31. The van der Waals surface area contributed by atoms with Crippen LogP contribution in [0.5, 0.6) is 0 Å². The van der Waals surface area contributed by atoms with E-state index in [1.165, 1.54) is 0 Å². The van der Waals surface area contributed by atoms with Gasteiger partial charge in [-0.1, -0.05) is 78.0 Å². The number of rotatable bonds is 7. The molecule has 1 atom stereocenters. The van der Waals surface area contributed by atoms with Gasteiger partial charge >= 0.3 is 0 Å². The molecule has 148 valence electrons. The monoisotopic (exact) mass is 395 g/mol. The fourth-order valence-electron chi connectivity index (χ4n) is 3.12. The second-order valence-electron chi connectivity index (χ2n) is 6.74. The summed E-state index contributed by atoms with van der Waals surface area (Å²) >= 11 is 0. The summed E-state index contributed by atoms with van der Waals surface area (Å²) in [5.74, 6) is -0.279. The highest BCUT2D eigenvalue weighted by Gasteiger charge is 2.19. The maximum Gasteiger partial charge on any atom is 0.274 e. The van der Waals surface area contributed by atoms with Crippen molar-refractivity contribution in [1.29, 1.82) is 0 Å². The summed E-state index contributed by atoms with van der Waals surface area (Å²) in [7, 11) is 0. The lowest BCUT2D eigenvalue weighted by Gasteiger charge is -2.19. The van der Waals surface area contributed by atoms with Gasteiger partial charge in [-0.2, -0.15) is 0 Å². The number of pyridine rings is 1. The highest BCUT2D eigenvalue weighted by Crippen LogP contribution is 2.21. The van der Waals surface area contributed by atoms with Crippen LogP contribution in [0.2, 0.25) is 0 Å². The van der Waals surface area contributed by atoms with E-state index in [9.17, 15) is 4.79 Å². The molecule has 2 aromatic carbocycles. The van der Waals surface area contributed by atoms with Gasteiger partial charge < -0.3 is 5.32 Å². The van der Waals surface area contributed by atoms with Crippen LogP contribution in [0.1, 0.15) is 33.2 Å². The van der Waals surface area contributed by atoms with Crippen LogP contribution in [0, 0.1) is 0 Å². The molecule has 0 saturated heterocycles. The lowest BCUT2D eigenvalue weighted by molar-refractivity contribution is 0.0938. The van der Waals surface area contributed by atoms with Crippen molar-refractivity contribution in [2.45, 2.75) is 12.6 Å². The molecule has 0 aliphatic carbocycles. The lowest BCUT2D eigenvalue weighted by Crippen LogP contribution is -2.29. The van der Waals surface area contributed by atoms with E-state index in [0.717, 1.165) is 16.7 Å². The summed E-state index contributed by atoms with van der Waals surface area (Å²) < 4.78 is 1.64. The van der Waals surface area contributed by atoms with Gasteiger partial charge in [0.05, 0.1) is 18.8 Å². The Labute approximate surface area is 174 Å². The topological polar surface area (TPSA) is 72.7 Å². The second kappa shape index (κ2) is 9.43. The summed E-state index contributed by atoms with van der Waals surface area (Å²) in [6.45, 7) is 0.529. The molecule has 1 N–H and O–H groups in total. The average Bonchev–Trinajstić information content (AvgIpc) is 3.28. The van der Waals surface area contributed by atoms with Crippen molar-refractivity contribution in [2.75, 3.05) is 0 Å². The number of amides is 1. The Morgan fingerprint density at radius 3 is 2.33 bits per heavy atom. The normalized spacial score (nSPS) is 12.0. The van der Waals surface area contributed by atoms with Crippen molar-refractivity contribution in [2.24, 2.45) is 0 Å². The third-order valence-electron chi connectivity index (χ3n) is 4.62. The summed E-state index contributed by atoms with van der Waals surface area (Å²) in [4.78, 5) is 16.9. The average molecular weight is 395 g/mol. The molecular weight excluding hydrogens is 374 g/mol. The Hall–Kier alpha value is -4.06. The van der Waals surface area contributed by atoms with E-state index in [-0.39, 0.29) is 17.6 Å². The van der Waals surface area contributed by atoms with Gasteiger partial charge in [0.25, 0.3) is 5.91 Å². The zero-order valence-electron chi connectivity index (χ0n) is 16.3. The fourth-order valence-corrected chi connectivity index (χ4v) is 3.12. The predicted octanol–water partition coefficient (Wildman–Crippen LogP) is 3.91. The Kier molecular flexibility index (Phi) is 6.05. The number of benzene rings is 2. The second-order valence-corrected chi connectivity index (χ2v) is 6.74. The maximum absolute atomic E-state index is 12.8. The van der Waals surface area contributed by atoms with Crippen LogP contribution in [0.15, 0.2) is 97.5 Å². The van der Waals surface area contributed by atoms with Crippen molar-refractivity contribution in [3.63, 3.8) is 0 Å². The molecule has 0 fully saturated rings. The van der Waals surface area contributed by atoms with Crippen molar-refractivity contribution in [3.8, 4) is 0 Å². The van der Waals surface area contributed by atoms with E-state index >= 15 is 0 Å². The molecule has 0 radical (unpaired) electrons. The third-order valence-corrected chi connectivity index (χ3v) is 4.62. The van der Waals surface area contributed by atoms with Crippen molar-refractivity contribution in [1.82, 2.24) is 25.3 Å². The molecule has 30 heavy (non-hydrogen) atoms. The number of carbonyl (C=O) groups excluding carboxylic acids is 1. The number of hydrogen-bond acceptors (Lipinski definition) is 4. The molecule has 4 aromatic rings. The molecule has 0 bridgehead atoms. The van der Waals surface area contributed by atoms with E-state index < -0.39 is 0 Å². The van der Waals surface area contributed by atoms with E-state index in [0.29, 0.717) is 6.54 Å². The first-order chi connectivity index (χ1) is 14.8. The Morgan fingerprint density at radius 1 is 0.933 bits per heavy atom. The van der Waals surface area contributed by atoms with Gasteiger partial charge in [0.1, 0.15) is 0 Å². The van der Waals surface area contributed by atoms with Gasteiger partial charge in [0.2, 0.25) is 0 Å². The molecule has 0 spiro atoms. The fraction of sp³-hybridized carbons (Fsp3) is 0.0833. The number of allylic oxidation sites excluding steroid dienone is 1. The lowest BCUT2D eigenvalue weighted by atomic mass is 9.99. The van der Waals surface area contributed by atoms with E-state index in [2.05, 4.69) is 20.6 Å². The molecule has 2 heterocycles. The van der Waals surface area contributed by atoms with Crippen LogP contribution in [0.3, 0.4) is 0 Å². The van der Waals surface area contributed by atoms with Crippen LogP contribution in [0.4, 0.5) is 0 Å². The van der Waals surface area contributed by atoms with Crippen LogP contribution < -0.4 is 5.32 Å². The molecular formula is C24H21N5O. The highest BCUT2D eigenvalue weighted by molar-refractivity contribution is 5.92. The summed E-state index contributed by atoms with van der Waals surface area (Å²) in [6.07, 6.45) is 9.07. The van der Waals surface area contributed by atoms with Gasteiger partial charge in [-0.15, -0.1) is 5.10 Å². The van der Waals surface area contributed by atoms with E-state index in [1.807, 2.05) is 84.9 Å². The Bertz CT molecular complexity index is 1070. The first-order valence-electron chi connectivity index (χ1n) is 9.67. The largest absolute Gasteiger partial charge is 0.340 e. The van der Waals surface area contributed by atoms with Crippen LogP contribution in [-0.4, -0.2) is 25.9 Å². The molecule has 1 amide bonds. The van der Waals surface area contributed by atoms with Gasteiger partial charge in [0, 0.05) is 12.4 Å². The Morgan fingerprint density at radius 2 is 1.60 bits per heavy atom. The van der Waals surface area contributed by atoms with E-state index in [1.54, 1.807) is 23.3 Å². The molecule has 6 nitrogen and oxygen atoms in total. The first-order valence-corrected chi connectivity index (χ1v) is 9.67. The van der Waals surface area contributed by atoms with Gasteiger partial charge in [-0.25, -0.2) is 4.68 Å². The van der Waals surface area contributed by atoms with Crippen molar-refractivity contribution < 1.29 is 4.79 Å². The van der Waals surface area contributed by atoms with Crippen LogP contribution >= 0.6 is 0 Å². The maximum atomic E-state index is 12.8. The minimum Gasteiger partial charge on any atom is -0.340 e. The molecule has 0 aliphatic rings. The van der Waals surface area contributed by atoms with Gasteiger partial charge in [0.15, 0.2) is 5.69 Å². The van der Waals surface area contributed by atoms with Crippen molar-refractivity contribution >= 4 is 12.0 Å². The number of nitrogens with zero attached hydrogens (tertiary/aromatic N) is 4. The molecule has 6 heteroatoms. The molecule has 1 unspecified atom stereocenters. The molecule has 0 aliphatic heterocycles. The third kappa shape index (κ3) is 4.86. The molecule has 4 rings (SSSR count). The molecule has 2 aromatic heterocycles. The van der Waals surface area contributed by atoms with Crippen LogP contribution in [0.25, 0.3) is 6.08 Å². The quantitative estimate of drug-likeness (QED) is 0.515. The standard InChI is InChI=1S/C24H21N5O/c30-24(22-18-29(28-27-22)17-7-10-19-8-3-1-4-9-19)26-23(20-11-5-2-6-12-20)21-13-15-25-16-14-21/h1-16,18,23H,17H2,(H,26,30)/b10-7+.